The molecular formula is C17H22FN3. The summed E-state index contributed by atoms with van der Waals surface area (Å²) in [7, 11) is 0. The number of nitrogens with one attached hydrogen (secondary N) is 1. The molecule has 0 bridgehead atoms. The Hall–Kier alpha value is -1.84. The SMILES string of the molecule is CC1(C)C(CNc2c(F)cc(N)c3cccnc23)C1(C)C. The van der Waals surface area contributed by atoms with Crippen molar-refractivity contribution in [3.63, 3.8) is 0 Å². The lowest BCUT2D eigenvalue weighted by atomic mass is 10.0. The summed E-state index contributed by atoms with van der Waals surface area (Å²) in [6.45, 7) is 9.78. The van der Waals surface area contributed by atoms with Gasteiger partial charge in [-0.3, -0.25) is 4.98 Å². The minimum Gasteiger partial charge on any atom is -0.398 e. The Kier molecular flexibility index (Phi) is 2.91. The van der Waals surface area contributed by atoms with E-state index in [-0.39, 0.29) is 16.6 Å². The third kappa shape index (κ3) is 1.96. The van der Waals surface area contributed by atoms with Crippen LogP contribution in [0.1, 0.15) is 27.7 Å². The van der Waals surface area contributed by atoms with Crippen molar-refractivity contribution in [1.82, 2.24) is 4.98 Å². The van der Waals surface area contributed by atoms with Crippen molar-refractivity contribution in [2.45, 2.75) is 27.7 Å². The highest BCUT2D eigenvalue weighted by Gasteiger charge is 2.64. The Labute approximate surface area is 124 Å². The number of nitrogens with zero attached hydrogens (tertiary/aromatic N) is 1. The maximum Gasteiger partial charge on any atom is 0.150 e. The number of aromatic nitrogens is 1. The second-order valence-corrected chi connectivity index (χ2v) is 7.10. The zero-order valence-electron chi connectivity index (χ0n) is 13.0. The van der Waals surface area contributed by atoms with Crippen LogP contribution in [0.25, 0.3) is 10.9 Å². The van der Waals surface area contributed by atoms with Gasteiger partial charge in [0.25, 0.3) is 0 Å². The number of fused-ring (bicyclic) bond motifs is 1. The van der Waals surface area contributed by atoms with Gasteiger partial charge in [0, 0.05) is 23.8 Å². The van der Waals surface area contributed by atoms with E-state index in [1.165, 1.54) is 6.07 Å². The molecule has 1 aromatic heterocycles. The van der Waals surface area contributed by atoms with Gasteiger partial charge >= 0.3 is 0 Å². The molecule has 0 aliphatic heterocycles. The standard InChI is InChI=1S/C17H22FN3/c1-16(2)13(17(16,3)4)9-21-15-11(18)8-12(19)10-6-5-7-20-14(10)15/h5-8,13,21H,9,19H2,1-4H3. The summed E-state index contributed by atoms with van der Waals surface area (Å²) in [6, 6.07) is 5.05. The minimum atomic E-state index is -0.338. The average molecular weight is 287 g/mol. The number of pyridine rings is 1. The zero-order valence-corrected chi connectivity index (χ0v) is 13.0. The molecule has 1 aromatic carbocycles. The number of rotatable bonds is 3. The highest BCUT2D eigenvalue weighted by molar-refractivity contribution is 5.98. The molecule has 4 heteroatoms. The van der Waals surface area contributed by atoms with E-state index in [4.69, 9.17) is 5.73 Å². The van der Waals surface area contributed by atoms with Crippen LogP contribution in [0.15, 0.2) is 24.4 Å². The van der Waals surface area contributed by atoms with Gasteiger partial charge in [0.05, 0.1) is 11.2 Å². The van der Waals surface area contributed by atoms with Gasteiger partial charge < -0.3 is 11.1 Å². The highest BCUT2D eigenvalue weighted by Crippen LogP contribution is 2.68. The molecular weight excluding hydrogens is 265 g/mol. The van der Waals surface area contributed by atoms with Crippen molar-refractivity contribution in [2.24, 2.45) is 16.7 Å². The van der Waals surface area contributed by atoms with Crippen molar-refractivity contribution in [3.8, 4) is 0 Å². The number of benzene rings is 1. The number of halogens is 1. The summed E-state index contributed by atoms with van der Waals surface area (Å²) in [4.78, 5) is 4.29. The molecule has 1 saturated carbocycles. The van der Waals surface area contributed by atoms with E-state index >= 15 is 0 Å². The predicted octanol–water partition coefficient (Wildman–Crippen LogP) is 4.05. The maximum atomic E-state index is 14.3. The lowest BCUT2D eigenvalue weighted by molar-refractivity contribution is 0.457. The molecule has 0 amide bonds. The number of anilines is 2. The molecule has 112 valence electrons. The van der Waals surface area contributed by atoms with Crippen LogP contribution in [0.5, 0.6) is 0 Å². The predicted molar refractivity (Wildman–Crippen MR) is 85.7 cm³/mol. The molecule has 1 heterocycles. The van der Waals surface area contributed by atoms with Crippen LogP contribution in [-0.4, -0.2) is 11.5 Å². The van der Waals surface area contributed by atoms with Gasteiger partial charge in [-0.25, -0.2) is 4.39 Å². The topological polar surface area (TPSA) is 50.9 Å². The fourth-order valence-electron chi connectivity index (χ4n) is 3.45. The Morgan fingerprint density at radius 2 is 1.95 bits per heavy atom. The molecule has 3 rings (SSSR count). The van der Waals surface area contributed by atoms with Crippen LogP contribution in [-0.2, 0) is 0 Å². The van der Waals surface area contributed by atoms with Crippen LogP contribution >= 0.6 is 0 Å². The van der Waals surface area contributed by atoms with E-state index in [2.05, 4.69) is 38.0 Å². The first-order valence-corrected chi connectivity index (χ1v) is 7.33. The Morgan fingerprint density at radius 3 is 2.57 bits per heavy atom. The molecule has 0 atom stereocenters. The van der Waals surface area contributed by atoms with Gasteiger partial charge in [0.15, 0.2) is 5.82 Å². The largest absolute Gasteiger partial charge is 0.398 e. The summed E-state index contributed by atoms with van der Waals surface area (Å²) in [5, 5.41) is 4.05. The van der Waals surface area contributed by atoms with E-state index in [1.807, 2.05) is 12.1 Å². The summed E-state index contributed by atoms with van der Waals surface area (Å²) in [5.41, 5.74) is 7.90. The zero-order chi connectivity index (χ0) is 15.4. The molecule has 1 fully saturated rings. The summed E-state index contributed by atoms with van der Waals surface area (Å²) < 4.78 is 14.3. The number of nitrogens with two attached hydrogens (primary N) is 1. The molecule has 3 nitrogen and oxygen atoms in total. The van der Waals surface area contributed by atoms with E-state index in [0.717, 1.165) is 11.9 Å². The second kappa shape index (κ2) is 4.33. The average Bonchev–Trinajstić information content (AvgIpc) is 2.80. The van der Waals surface area contributed by atoms with Crippen molar-refractivity contribution in [3.05, 3.63) is 30.2 Å². The van der Waals surface area contributed by atoms with Gasteiger partial charge in [0.1, 0.15) is 0 Å². The number of hydrogen-bond donors (Lipinski definition) is 2. The van der Waals surface area contributed by atoms with Gasteiger partial charge in [-0.2, -0.15) is 0 Å². The lowest BCUT2D eigenvalue weighted by Crippen LogP contribution is -2.10. The monoisotopic (exact) mass is 287 g/mol. The van der Waals surface area contributed by atoms with Crippen molar-refractivity contribution >= 4 is 22.3 Å². The molecule has 0 saturated heterocycles. The first-order chi connectivity index (χ1) is 9.76. The van der Waals surface area contributed by atoms with E-state index < -0.39 is 0 Å². The molecule has 1 aliphatic rings. The van der Waals surface area contributed by atoms with Crippen molar-refractivity contribution in [2.75, 3.05) is 17.6 Å². The molecule has 0 spiro atoms. The lowest BCUT2D eigenvalue weighted by Gasteiger charge is -2.12. The van der Waals surface area contributed by atoms with Gasteiger partial charge in [-0.05, 0) is 34.9 Å². The summed E-state index contributed by atoms with van der Waals surface area (Å²) in [6.07, 6.45) is 1.66. The third-order valence-corrected chi connectivity index (χ3v) is 5.68. The maximum absolute atomic E-state index is 14.3. The van der Waals surface area contributed by atoms with Crippen molar-refractivity contribution < 1.29 is 4.39 Å². The molecule has 0 unspecified atom stereocenters. The number of nitrogen functional groups attached to an aromatic ring is 1. The smallest absolute Gasteiger partial charge is 0.150 e. The number of hydrogen-bond acceptors (Lipinski definition) is 3. The van der Waals surface area contributed by atoms with Crippen molar-refractivity contribution in [1.29, 1.82) is 0 Å². The fraction of sp³-hybridized carbons (Fsp3) is 0.471. The first kappa shape index (κ1) is 14.1. The van der Waals surface area contributed by atoms with Gasteiger partial charge in [0.2, 0.25) is 0 Å². The Morgan fingerprint density at radius 1 is 1.29 bits per heavy atom. The highest BCUT2D eigenvalue weighted by atomic mass is 19.1. The van der Waals surface area contributed by atoms with Gasteiger partial charge in [-0.1, -0.05) is 27.7 Å². The van der Waals surface area contributed by atoms with E-state index in [9.17, 15) is 4.39 Å². The minimum absolute atomic E-state index is 0.271. The molecule has 21 heavy (non-hydrogen) atoms. The normalized spacial score (nSPS) is 19.7. The summed E-state index contributed by atoms with van der Waals surface area (Å²) in [5.74, 6) is 0.177. The molecule has 1 aliphatic carbocycles. The van der Waals surface area contributed by atoms with Crippen LogP contribution in [0.2, 0.25) is 0 Å². The molecule has 2 aromatic rings. The van der Waals surface area contributed by atoms with Crippen LogP contribution < -0.4 is 11.1 Å². The van der Waals surface area contributed by atoms with E-state index in [1.54, 1.807) is 6.20 Å². The first-order valence-electron chi connectivity index (χ1n) is 7.33. The van der Waals surface area contributed by atoms with Crippen LogP contribution in [0.4, 0.5) is 15.8 Å². The second-order valence-electron chi connectivity index (χ2n) is 7.10. The quantitative estimate of drug-likeness (QED) is 0.837. The van der Waals surface area contributed by atoms with Crippen LogP contribution in [0, 0.1) is 22.6 Å². The summed E-state index contributed by atoms with van der Waals surface area (Å²) >= 11 is 0. The van der Waals surface area contributed by atoms with Gasteiger partial charge in [-0.15, -0.1) is 0 Å². The molecule has 0 radical (unpaired) electrons. The fourth-order valence-corrected chi connectivity index (χ4v) is 3.45. The Balaban J connectivity index is 1.92. The third-order valence-electron chi connectivity index (χ3n) is 5.68. The molecule has 3 N–H and O–H groups in total. The van der Waals surface area contributed by atoms with Crippen LogP contribution in [0.3, 0.4) is 0 Å². The Bertz CT molecular complexity index is 692. The van der Waals surface area contributed by atoms with E-state index in [0.29, 0.717) is 22.8 Å².